The van der Waals surface area contributed by atoms with Gasteiger partial charge in [0.15, 0.2) is 23.1 Å². The molecule has 30 heavy (non-hydrogen) atoms. The fourth-order valence-electron chi connectivity index (χ4n) is 2.52. The smallest absolute Gasteiger partial charge is 0.273 e. The van der Waals surface area contributed by atoms with Gasteiger partial charge >= 0.3 is 0 Å². The Labute approximate surface area is 171 Å². The summed E-state index contributed by atoms with van der Waals surface area (Å²) in [5, 5.41) is 19.8. The summed E-state index contributed by atoms with van der Waals surface area (Å²) in [6.45, 7) is 3.38. The van der Waals surface area contributed by atoms with Crippen LogP contribution in [0.1, 0.15) is 29.7 Å². The number of nitrogens with zero attached hydrogens (tertiary/aromatic N) is 5. The van der Waals surface area contributed by atoms with Crippen molar-refractivity contribution in [2.24, 2.45) is 0 Å². The Morgan fingerprint density at radius 1 is 1.27 bits per heavy atom. The highest BCUT2D eigenvalue weighted by molar-refractivity contribution is 5.99. The summed E-state index contributed by atoms with van der Waals surface area (Å²) < 4.78 is 10.5. The van der Waals surface area contributed by atoms with Crippen LogP contribution in [0.5, 0.6) is 5.75 Å². The molecule has 3 heterocycles. The Balaban J connectivity index is 2.05. The van der Waals surface area contributed by atoms with Gasteiger partial charge in [0, 0.05) is 32.7 Å². The SMILES string of the molecule is CCC(=O)Nc1cc(Nc2nccc(-c3noc(C)n3)c2OC)c(C(=O)NC)nn1. The summed E-state index contributed by atoms with van der Waals surface area (Å²) in [5.74, 6) is 0.803. The first-order valence-corrected chi connectivity index (χ1v) is 8.97. The number of aromatic nitrogens is 5. The maximum atomic E-state index is 12.2. The van der Waals surface area contributed by atoms with Crippen LogP contribution in [0, 0.1) is 6.92 Å². The average molecular weight is 412 g/mol. The molecule has 0 atom stereocenters. The first-order chi connectivity index (χ1) is 14.5. The van der Waals surface area contributed by atoms with Crippen LogP contribution in [0.15, 0.2) is 22.9 Å². The number of hydrogen-bond acceptors (Lipinski definition) is 10. The third kappa shape index (κ3) is 4.32. The third-order valence-electron chi connectivity index (χ3n) is 3.95. The molecule has 0 bridgehead atoms. The molecule has 3 N–H and O–H groups in total. The van der Waals surface area contributed by atoms with E-state index in [4.69, 9.17) is 9.26 Å². The number of rotatable bonds is 7. The molecule has 0 aliphatic heterocycles. The van der Waals surface area contributed by atoms with Crippen molar-refractivity contribution in [2.75, 3.05) is 24.8 Å². The van der Waals surface area contributed by atoms with Crippen molar-refractivity contribution in [3.8, 4) is 17.1 Å². The van der Waals surface area contributed by atoms with Crippen molar-refractivity contribution in [3.63, 3.8) is 0 Å². The minimum absolute atomic E-state index is 0.0108. The fourth-order valence-corrected chi connectivity index (χ4v) is 2.52. The Morgan fingerprint density at radius 2 is 2.07 bits per heavy atom. The van der Waals surface area contributed by atoms with Crippen LogP contribution < -0.4 is 20.7 Å². The van der Waals surface area contributed by atoms with Crippen molar-refractivity contribution in [2.45, 2.75) is 20.3 Å². The topological polar surface area (TPSA) is 157 Å². The predicted octanol–water partition coefficient (Wildman–Crippen LogP) is 1.69. The highest BCUT2D eigenvalue weighted by atomic mass is 16.5. The van der Waals surface area contributed by atoms with Gasteiger partial charge in [0.25, 0.3) is 5.91 Å². The molecule has 0 fully saturated rings. The van der Waals surface area contributed by atoms with E-state index in [0.717, 1.165) is 0 Å². The highest BCUT2D eigenvalue weighted by Crippen LogP contribution is 2.35. The van der Waals surface area contributed by atoms with Gasteiger partial charge in [-0.1, -0.05) is 12.1 Å². The Bertz CT molecular complexity index is 1080. The second-order valence-corrected chi connectivity index (χ2v) is 5.98. The normalized spacial score (nSPS) is 10.4. The molecule has 3 aromatic heterocycles. The molecule has 0 unspecified atom stereocenters. The van der Waals surface area contributed by atoms with Crippen molar-refractivity contribution < 1.29 is 18.8 Å². The molecule has 0 aromatic carbocycles. The minimum Gasteiger partial charge on any atom is -0.492 e. The number of carbonyl (C=O) groups is 2. The van der Waals surface area contributed by atoms with Crippen molar-refractivity contribution in [1.82, 2.24) is 30.6 Å². The molecule has 156 valence electrons. The predicted molar refractivity (Wildman–Crippen MR) is 106 cm³/mol. The van der Waals surface area contributed by atoms with Gasteiger partial charge in [-0.3, -0.25) is 9.59 Å². The van der Waals surface area contributed by atoms with Gasteiger partial charge in [-0.05, 0) is 6.07 Å². The zero-order chi connectivity index (χ0) is 21.7. The Morgan fingerprint density at radius 3 is 2.70 bits per heavy atom. The van der Waals surface area contributed by atoms with Crippen LogP contribution >= 0.6 is 0 Å². The molecule has 3 aromatic rings. The van der Waals surface area contributed by atoms with Crippen LogP contribution in [-0.2, 0) is 4.79 Å². The molecule has 0 aliphatic carbocycles. The number of carbonyl (C=O) groups excluding carboxylic acids is 2. The molecule has 0 saturated heterocycles. The van der Waals surface area contributed by atoms with Crippen LogP contribution in [0.25, 0.3) is 11.4 Å². The zero-order valence-electron chi connectivity index (χ0n) is 16.8. The lowest BCUT2D eigenvalue weighted by Gasteiger charge is -2.14. The van der Waals surface area contributed by atoms with Gasteiger partial charge in [-0.15, -0.1) is 10.2 Å². The number of pyridine rings is 1. The number of nitrogens with one attached hydrogen (secondary N) is 3. The number of aryl methyl sites for hydroxylation is 1. The van der Waals surface area contributed by atoms with E-state index < -0.39 is 5.91 Å². The highest BCUT2D eigenvalue weighted by Gasteiger charge is 2.20. The second-order valence-electron chi connectivity index (χ2n) is 5.98. The van der Waals surface area contributed by atoms with E-state index in [2.05, 4.69) is 41.3 Å². The number of amides is 2. The van der Waals surface area contributed by atoms with E-state index in [1.165, 1.54) is 26.4 Å². The number of hydrogen-bond donors (Lipinski definition) is 3. The third-order valence-corrected chi connectivity index (χ3v) is 3.95. The molecular weight excluding hydrogens is 392 g/mol. The first kappa shape index (κ1) is 20.6. The summed E-state index contributed by atoms with van der Waals surface area (Å²) in [6.07, 6.45) is 1.79. The van der Waals surface area contributed by atoms with Gasteiger partial charge in [-0.2, -0.15) is 4.98 Å². The summed E-state index contributed by atoms with van der Waals surface area (Å²) in [7, 11) is 2.94. The molecule has 0 radical (unpaired) electrons. The van der Waals surface area contributed by atoms with Gasteiger partial charge in [-0.25, -0.2) is 4.98 Å². The molecule has 3 rings (SSSR count). The van der Waals surface area contributed by atoms with Crippen molar-refractivity contribution in [1.29, 1.82) is 0 Å². The van der Waals surface area contributed by atoms with Gasteiger partial charge < -0.3 is 25.2 Å². The van der Waals surface area contributed by atoms with Gasteiger partial charge in [0.2, 0.25) is 17.6 Å². The summed E-state index contributed by atoms with van der Waals surface area (Å²) >= 11 is 0. The van der Waals surface area contributed by atoms with E-state index in [1.807, 2.05) is 0 Å². The minimum atomic E-state index is -0.470. The van der Waals surface area contributed by atoms with Crippen LogP contribution in [-0.4, -0.2) is 51.3 Å². The quantitative estimate of drug-likeness (QED) is 0.521. The van der Waals surface area contributed by atoms with E-state index in [1.54, 1.807) is 19.9 Å². The summed E-state index contributed by atoms with van der Waals surface area (Å²) in [5.41, 5.74) is 0.814. The Hall–Kier alpha value is -4.09. The lowest BCUT2D eigenvalue weighted by Crippen LogP contribution is -2.22. The van der Waals surface area contributed by atoms with Gasteiger partial charge in [0.1, 0.15) is 0 Å². The maximum absolute atomic E-state index is 12.2. The standard InChI is InChI=1S/C18H20N8O4/c1-5-13(27)23-12-8-11(14(25-24-12)18(28)19-3)22-17-15(29-4)10(6-7-20-17)16-21-9(2)30-26-16/h6-8H,5H2,1-4H3,(H,19,28)(H2,20,22,23,24,27). The molecule has 2 amide bonds. The number of anilines is 3. The molecule has 12 heteroatoms. The molecule has 0 spiro atoms. The summed E-state index contributed by atoms with van der Waals surface area (Å²) in [4.78, 5) is 32.4. The largest absolute Gasteiger partial charge is 0.492 e. The lowest BCUT2D eigenvalue weighted by atomic mass is 10.2. The average Bonchev–Trinajstić information content (AvgIpc) is 3.19. The monoisotopic (exact) mass is 412 g/mol. The molecule has 0 aliphatic rings. The second kappa shape index (κ2) is 8.94. The molecule has 12 nitrogen and oxygen atoms in total. The van der Waals surface area contributed by atoms with E-state index >= 15 is 0 Å². The Kier molecular flexibility index (Phi) is 6.15. The van der Waals surface area contributed by atoms with Crippen LogP contribution in [0.3, 0.4) is 0 Å². The zero-order valence-corrected chi connectivity index (χ0v) is 16.8. The van der Waals surface area contributed by atoms with E-state index in [-0.39, 0.29) is 35.3 Å². The fraction of sp³-hybridized carbons (Fsp3) is 0.278. The maximum Gasteiger partial charge on any atom is 0.273 e. The van der Waals surface area contributed by atoms with Gasteiger partial charge in [0.05, 0.1) is 18.4 Å². The number of ether oxygens (including phenoxy) is 1. The first-order valence-electron chi connectivity index (χ1n) is 8.97. The van der Waals surface area contributed by atoms with Crippen molar-refractivity contribution in [3.05, 3.63) is 29.9 Å². The van der Waals surface area contributed by atoms with E-state index in [0.29, 0.717) is 23.0 Å². The van der Waals surface area contributed by atoms with Crippen molar-refractivity contribution >= 4 is 29.1 Å². The molecular formula is C18H20N8O4. The lowest BCUT2D eigenvalue weighted by molar-refractivity contribution is -0.115. The van der Waals surface area contributed by atoms with E-state index in [9.17, 15) is 9.59 Å². The summed E-state index contributed by atoms with van der Waals surface area (Å²) in [6, 6.07) is 3.16. The number of methoxy groups -OCH3 is 1. The van der Waals surface area contributed by atoms with Crippen LogP contribution in [0.4, 0.5) is 17.3 Å². The van der Waals surface area contributed by atoms with Crippen LogP contribution in [0.2, 0.25) is 0 Å². The molecule has 0 saturated carbocycles.